The number of alkyl halides is 3. The number of carboxylic acids is 1. The Bertz CT molecular complexity index is 1490. The number of halogens is 4. The molecule has 15 heteroatoms. The van der Waals surface area contributed by atoms with Crippen LogP contribution in [-0.2, 0) is 25.9 Å². The quantitative estimate of drug-likeness (QED) is 0.271. The van der Waals surface area contributed by atoms with E-state index in [0.29, 0.717) is 50.3 Å². The highest BCUT2D eigenvalue weighted by atomic mass is 19.4. The van der Waals surface area contributed by atoms with Crippen molar-refractivity contribution in [2.75, 3.05) is 45.4 Å². The van der Waals surface area contributed by atoms with Gasteiger partial charge in [-0.3, -0.25) is 4.79 Å². The Kier molecular flexibility index (Phi) is 10.4. The summed E-state index contributed by atoms with van der Waals surface area (Å²) in [5.41, 5.74) is 0.681. The standard InChI is InChI=1S/C32H39F4N5O6/c1-19-4-6-20(7-5-19)29(42)41(22(16-45-2)17-46-3)26-14-25(33)27(13-23(26)30(43)44)47-28-24(32(34,35)36)12-21(15-37-28)31(8-9-31)18-40-38-10-11-39-40/h10,12-15,19-20,22,39H,4-9,11,16-18H2,1-3H3,(H,43,44). The molecule has 0 saturated heterocycles. The summed E-state index contributed by atoms with van der Waals surface area (Å²) in [6, 6.07) is 1.70. The van der Waals surface area contributed by atoms with Crippen molar-refractivity contribution in [3.8, 4) is 11.6 Å². The third-order valence-electron chi connectivity index (χ3n) is 9.09. The topological polar surface area (TPSA) is 126 Å². The maximum atomic E-state index is 15.8. The molecule has 5 rings (SSSR count). The second-order valence-electron chi connectivity index (χ2n) is 12.5. The second kappa shape index (κ2) is 14.1. The number of benzene rings is 1. The molecule has 0 atom stereocenters. The zero-order valence-corrected chi connectivity index (χ0v) is 26.5. The molecule has 2 heterocycles. The van der Waals surface area contributed by atoms with E-state index in [2.05, 4.69) is 22.4 Å². The van der Waals surface area contributed by atoms with Crippen LogP contribution in [-0.4, -0.2) is 79.9 Å². The predicted molar refractivity (Wildman–Crippen MR) is 163 cm³/mol. The largest absolute Gasteiger partial charge is 0.478 e. The van der Waals surface area contributed by atoms with Crippen LogP contribution in [0.25, 0.3) is 0 Å². The van der Waals surface area contributed by atoms with Crippen LogP contribution in [0.4, 0.5) is 23.2 Å². The van der Waals surface area contributed by atoms with Gasteiger partial charge in [-0.15, -0.1) is 0 Å². The van der Waals surface area contributed by atoms with E-state index in [1.165, 1.54) is 25.3 Å². The fourth-order valence-electron chi connectivity index (χ4n) is 6.30. The molecular formula is C32H39F4N5O6. The van der Waals surface area contributed by atoms with Gasteiger partial charge in [0.05, 0.1) is 43.6 Å². The molecule has 2 aromatic rings. The lowest BCUT2D eigenvalue weighted by Crippen LogP contribution is -2.49. The van der Waals surface area contributed by atoms with Gasteiger partial charge >= 0.3 is 12.1 Å². The molecule has 2 N–H and O–H groups in total. The van der Waals surface area contributed by atoms with Crippen molar-refractivity contribution in [2.24, 2.45) is 16.9 Å². The fraction of sp³-hybridized carbons (Fsp3) is 0.562. The first-order valence-electron chi connectivity index (χ1n) is 15.5. The highest BCUT2D eigenvalue weighted by Crippen LogP contribution is 2.50. The minimum absolute atomic E-state index is 0.0471. The number of hydrogen-bond donors (Lipinski definition) is 2. The third-order valence-corrected chi connectivity index (χ3v) is 9.09. The van der Waals surface area contributed by atoms with Crippen molar-refractivity contribution < 1.29 is 46.5 Å². The van der Waals surface area contributed by atoms with E-state index >= 15 is 4.39 Å². The molecule has 1 aromatic carbocycles. The average molecular weight is 666 g/mol. The molecule has 2 aliphatic carbocycles. The van der Waals surface area contributed by atoms with Crippen molar-refractivity contribution in [2.45, 2.75) is 63.1 Å². The molecule has 0 bridgehead atoms. The Morgan fingerprint density at radius 1 is 1.13 bits per heavy atom. The summed E-state index contributed by atoms with van der Waals surface area (Å²) in [6.45, 7) is 2.85. The van der Waals surface area contributed by atoms with E-state index in [-0.39, 0.29) is 18.9 Å². The summed E-state index contributed by atoms with van der Waals surface area (Å²) >= 11 is 0. The van der Waals surface area contributed by atoms with Crippen LogP contribution in [0.1, 0.15) is 66.9 Å². The van der Waals surface area contributed by atoms with Gasteiger partial charge in [-0.1, -0.05) is 6.92 Å². The van der Waals surface area contributed by atoms with Crippen LogP contribution in [0.5, 0.6) is 11.6 Å². The van der Waals surface area contributed by atoms with E-state index in [1.54, 1.807) is 11.3 Å². The number of amides is 1. The minimum Gasteiger partial charge on any atom is -0.478 e. The number of carbonyl (C=O) groups excluding carboxylic acids is 1. The fourth-order valence-corrected chi connectivity index (χ4v) is 6.30. The minimum atomic E-state index is -4.92. The van der Waals surface area contributed by atoms with Crippen LogP contribution in [0.3, 0.4) is 0 Å². The van der Waals surface area contributed by atoms with Crippen molar-refractivity contribution in [3.63, 3.8) is 0 Å². The van der Waals surface area contributed by atoms with E-state index in [4.69, 9.17) is 14.2 Å². The molecule has 0 radical (unpaired) electrons. The first-order valence-corrected chi connectivity index (χ1v) is 15.5. The third kappa shape index (κ3) is 7.68. The van der Waals surface area contributed by atoms with Crippen molar-refractivity contribution >= 4 is 23.8 Å². The molecule has 2 saturated carbocycles. The number of anilines is 1. The maximum absolute atomic E-state index is 15.8. The Balaban J connectivity index is 1.51. The molecule has 256 valence electrons. The Morgan fingerprint density at radius 3 is 2.36 bits per heavy atom. The first kappa shape index (κ1) is 34.5. The van der Waals surface area contributed by atoms with E-state index in [1.807, 2.05) is 0 Å². The number of aromatic nitrogens is 1. The van der Waals surface area contributed by atoms with E-state index in [9.17, 15) is 27.9 Å². The van der Waals surface area contributed by atoms with E-state index in [0.717, 1.165) is 31.0 Å². The second-order valence-corrected chi connectivity index (χ2v) is 12.5. The summed E-state index contributed by atoms with van der Waals surface area (Å²) in [6.07, 6.45) is 1.98. The summed E-state index contributed by atoms with van der Waals surface area (Å²) in [5.74, 6) is -4.86. The zero-order valence-electron chi connectivity index (χ0n) is 26.5. The summed E-state index contributed by atoms with van der Waals surface area (Å²) in [5, 5.41) is 15.9. The Labute approximate surface area is 269 Å². The van der Waals surface area contributed by atoms with Gasteiger partial charge in [0.25, 0.3) is 0 Å². The molecular weight excluding hydrogens is 626 g/mol. The lowest BCUT2D eigenvalue weighted by Gasteiger charge is -2.36. The molecule has 1 aliphatic heterocycles. The van der Waals surface area contributed by atoms with Gasteiger partial charge in [0.2, 0.25) is 11.8 Å². The van der Waals surface area contributed by atoms with Crippen molar-refractivity contribution in [1.29, 1.82) is 0 Å². The molecule has 0 unspecified atom stereocenters. The number of hydrazine groups is 1. The number of methoxy groups -OCH3 is 2. The lowest BCUT2D eigenvalue weighted by molar-refractivity contribution is -0.139. The normalized spacial score (nSPS) is 20.5. The smallest absolute Gasteiger partial charge is 0.421 e. The number of rotatable bonds is 13. The molecule has 47 heavy (non-hydrogen) atoms. The van der Waals surface area contributed by atoms with Gasteiger partial charge in [-0.25, -0.2) is 24.7 Å². The predicted octanol–water partition coefficient (Wildman–Crippen LogP) is 5.39. The first-order chi connectivity index (χ1) is 22.4. The average Bonchev–Trinajstić information content (AvgIpc) is 3.62. The molecule has 3 aliphatic rings. The van der Waals surface area contributed by atoms with Crippen LogP contribution >= 0.6 is 0 Å². The van der Waals surface area contributed by atoms with Gasteiger partial charge in [-0.2, -0.15) is 18.3 Å². The van der Waals surface area contributed by atoms with Crippen molar-refractivity contribution in [1.82, 2.24) is 15.5 Å². The Hall–Kier alpha value is -3.82. The summed E-state index contributed by atoms with van der Waals surface area (Å²) in [7, 11) is 2.81. The maximum Gasteiger partial charge on any atom is 0.421 e. The van der Waals surface area contributed by atoms with Crippen LogP contribution in [0, 0.1) is 17.7 Å². The molecule has 11 nitrogen and oxygen atoms in total. The number of hydrazone groups is 1. The van der Waals surface area contributed by atoms with Gasteiger partial charge in [0, 0.05) is 50.1 Å². The van der Waals surface area contributed by atoms with Crippen LogP contribution < -0.4 is 15.1 Å². The van der Waals surface area contributed by atoms with Crippen molar-refractivity contribution in [3.05, 3.63) is 46.9 Å². The lowest BCUT2D eigenvalue weighted by atomic mass is 9.82. The number of nitrogens with zero attached hydrogens (tertiary/aromatic N) is 4. The number of pyridine rings is 1. The molecule has 0 spiro atoms. The van der Waals surface area contributed by atoms with Gasteiger partial charge in [-0.05, 0) is 56.1 Å². The number of hydrogen-bond acceptors (Lipinski definition) is 9. The molecule has 1 aromatic heterocycles. The highest BCUT2D eigenvalue weighted by Gasteiger charge is 2.48. The number of carbonyl (C=O) groups is 2. The van der Waals surface area contributed by atoms with Gasteiger partial charge in [0.15, 0.2) is 11.6 Å². The number of nitrogens with one attached hydrogen (secondary N) is 1. The number of carboxylic acid groups (broad SMARTS) is 1. The summed E-state index contributed by atoms with van der Waals surface area (Å²) in [4.78, 5) is 31.6. The number of aromatic carboxylic acids is 1. The molecule has 1 amide bonds. The molecule has 2 fully saturated rings. The van der Waals surface area contributed by atoms with E-state index < -0.39 is 64.0 Å². The van der Waals surface area contributed by atoms with Gasteiger partial charge in [0.1, 0.15) is 5.56 Å². The summed E-state index contributed by atoms with van der Waals surface area (Å²) < 4.78 is 74.8. The number of ether oxygens (including phenoxy) is 3. The van der Waals surface area contributed by atoms with Crippen LogP contribution in [0.2, 0.25) is 0 Å². The Morgan fingerprint density at radius 2 is 1.81 bits per heavy atom. The SMILES string of the molecule is COCC(COC)N(C(=O)C1CCC(C)CC1)c1cc(F)c(Oc2ncc(C3(CN4N=CCN4)CC3)cc2C(F)(F)F)cc1C(=O)O. The highest BCUT2D eigenvalue weighted by molar-refractivity contribution is 6.03. The monoisotopic (exact) mass is 665 g/mol. The van der Waals surface area contributed by atoms with Gasteiger partial charge < -0.3 is 24.2 Å². The van der Waals surface area contributed by atoms with Crippen LogP contribution in [0.15, 0.2) is 29.5 Å². The zero-order chi connectivity index (χ0) is 33.9.